The maximum absolute atomic E-state index is 13.8. The number of benzene rings is 1. The number of carbonyl (C=O) groups is 1. The number of likely N-dealkylation sites (N-methyl/N-ethyl adjacent to an activating group) is 1. The highest BCUT2D eigenvalue weighted by molar-refractivity contribution is 5.77. The third-order valence-corrected chi connectivity index (χ3v) is 2.96. The van der Waals surface area contributed by atoms with Gasteiger partial charge in [-0.1, -0.05) is 19.9 Å². The first kappa shape index (κ1) is 16.4. The molecule has 0 radical (unpaired) electrons. The summed E-state index contributed by atoms with van der Waals surface area (Å²) < 4.78 is 19.0. The molecule has 112 valence electrons. The van der Waals surface area contributed by atoms with E-state index in [0.717, 1.165) is 5.56 Å². The molecule has 0 heterocycles. The molecule has 0 aliphatic rings. The van der Waals surface area contributed by atoms with Crippen molar-refractivity contribution in [3.05, 3.63) is 29.6 Å². The molecule has 0 atom stereocenters. The van der Waals surface area contributed by atoms with Gasteiger partial charge in [0.15, 0.2) is 18.2 Å². The smallest absolute Gasteiger partial charge is 0.260 e. The standard InChI is InChI=1S/C15H23FN2O2/c1-5-18(4)15(19)10-20-14-7-6-12(8-13(14)16)9-17-11(2)3/h6-8,11,17H,5,9-10H2,1-4H3. The summed E-state index contributed by atoms with van der Waals surface area (Å²) >= 11 is 0. The molecule has 20 heavy (non-hydrogen) atoms. The average molecular weight is 282 g/mol. The minimum absolute atomic E-state index is 0.108. The Bertz CT molecular complexity index is 449. The van der Waals surface area contributed by atoms with Crippen molar-refractivity contribution in [1.82, 2.24) is 10.2 Å². The summed E-state index contributed by atoms with van der Waals surface area (Å²) in [6.07, 6.45) is 0. The van der Waals surface area contributed by atoms with Crippen molar-refractivity contribution in [1.29, 1.82) is 0 Å². The van der Waals surface area contributed by atoms with E-state index in [4.69, 9.17) is 4.74 Å². The second-order valence-corrected chi connectivity index (χ2v) is 5.00. The molecule has 0 aliphatic heterocycles. The zero-order chi connectivity index (χ0) is 15.1. The summed E-state index contributed by atoms with van der Waals surface area (Å²) in [7, 11) is 1.68. The summed E-state index contributed by atoms with van der Waals surface area (Å²) in [6, 6.07) is 5.13. The van der Waals surface area contributed by atoms with Gasteiger partial charge >= 0.3 is 0 Å². The predicted molar refractivity (Wildman–Crippen MR) is 77.2 cm³/mol. The van der Waals surface area contributed by atoms with Crippen molar-refractivity contribution >= 4 is 5.91 Å². The lowest BCUT2D eigenvalue weighted by atomic mass is 10.2. The fourth-order valence-electron chi connectivity index (χ4n) is 1.52. The number of hydrogen-bond donors (Lipinski definition) is 1. The zero-order valence-corrected chi connectivity index (χ0v) is 12.6. The molecule has 4 nitrogen and oxygen atoms in total. The normalized spacial score (nSPS) is 10.7. The summed E-state index contributed by atoms with van der Waals surface area (Å²) in [5.74, 6) is -0.506. The van der Waals surface area contributed by atoms with Crippen LogP contribution < -0.4 is 10.1 Å². The van der Waals surface area contributed by atoms with Crippen LogP contribution >= 0.6 is 0 Å². The van der Waals surface area contributed by atoms with Crippen molar-refractivity contribution in [2.45, 2.75) is 33.4 Å². The van der Waals surface area contributed by atoms with Gasteiger partial charge in [0.05, 0.1) is 0 Å². The number of amides is 1. The first-order valence-corrected chi connectivity index (χ1v) is 6.82. The van der Waals surface area contributed by atoms with Crippen LogP contribution in [0.5, 0.6) is 5.75 Å². The summed E-state index contributed by atoms with van der Waals surface area (Å²) in [6.45, 7) is 6.99. The van der Waals surface area contributed by atoms with Gasteiger partial charge in [0, 0.05) is 26.2 Å². The molecular weight excluding hydrogens is 259 g/mol. The van der Waals surface area contributed by atoms with E-state index in [9.17, 15) is 9.18 Å². The zero-order valence-electron chi connectivity index (χ0n) is 12.6. The lowest BCUT2D eigenvalue weighted by Gasteiger charge is -2.15. The van der Waals surface area contributed by atoms with Crippen LogP contribution in [0.2, 0.25) is 0 Å². The third-order valence-electron chi connectivity index (χ3n) is 2.96. The van der Waals surface area contributed by atoms with Gasteiger partial charge in [-0.15, -0.1) is 0 Å². The van der Waals surface area contributed by atoms with Gasteiger partial charge in [-0.05, 0) is 24.6 Å². The first-order chi connectivity index (χ1) is 9.43. The SMILES string of the molecule is CCN(C)C(=O)COc1ccc(CNC(C)C)cc1F. The predicted octanol–water partition coefficient (Wildman–Crippen LogP) is 2.18. The topological polar surface area (TPSA) is 41.6 Å². The van der Waals surface area contributed by atoms with Gasteiger partial charge in [0.25, 0.3) is 5.91 Å². The number of halogens is 1. The largest absolute Gasteiger partial charge is 0.481 e. The lowest BCUT2D eigenvalue weighted by Crippen LogP contribution is -2.31. The Labute approximate surface area is 119 Å². The van der Waals surface area contributed by atoms with Crippen LogP contribution in [0.25, 0.3) is 0 Å². The van der Waals surface area contributed by atoms with Crippen LogP contribution in [-0.4, -0.2) is 37.0 Å². The van der Waals surface area contributed by atoms with E-state index in [1.807, 2.05) is 20.8 Å². The van der Waals surface area contributed by atoms with E-state index in [2.05, 4.69) is 5.32 Å². The highest BCUT2D eigenvalue weighted by Crippen LogP contribution is 2.18. The quantitative estimate of drug-likeness (QED) is 0.833. The minimum Gasteiger partial charge on any atom is -0.481 e. The van der Waals surface area contributed by atoms with Crippen LogP contribution in [0, 0.1) is 5.82 Å². The molecule has 0 saturated heterocycles. The van der Waals surface area contributed by atoms with Crippen LogP contribution in [0.15, 0.2) is 18.2 Å². The fourth-order valence-corrected chi connectivity index (χ4v) is 1.52. The number of ether oxygens (including phenoxy) is 1. The van der Waals surface area contributed by atoms with Gasteiger partial charge in [-0.25, -0.2) is 4.39 Å². The van der Waals surface area contributed by atoms with Crippen molar-refractivity contribution in [3.63, 3.8) is 0 Å². The number of nitrogens with one attached hydrogen (secondary N) is 1. The molecular formula is C15H23FN2O2. The molecule has 0 aromatic heterocycles. The monoisotopic (exact) mass is 282 g/mol. The Morgan fingerprint density at radius 3 is 2.70 bits per heavy atom. The van der Waals surface area contributed by atoms with Gasteiger partial charge < -0.3 is 15.0 Å². The maximum atomic E-state index is 13.8. The minimum atomic E-state index is -0.444. The van der Waals surface area contributed by atoms with Crippen LogP contribution in [-0.2, 0) is 11.3 Å². The van der Waals surface area contributed by atoms with Crippen molar-refractivity contribution in [2.24, 2.45) is 0 Å². The van der Waals surface area contributed by atoms with Crippen molar-refractivity contribution in [3.8, 4) is 5.75 Å². The molecule has 1 N–H and O–H groups in total. The Kier molecular flexibility index (Phi) is 6.45. The fraction of sp³-hybridized carbons (Fsp3) is 0.533. The molecule has 5 heteroatoms. The number of hydrogen-bond acceptors (Lipinski definition) is 3. The summed E-state index contributed by atoms with van der Waals surface area (Å²) in [4.78, 5) is 13.1. The molecule has 0 aliphatic carbocycles. The van der Waals surface area contributed by atoms with E-state index in [1.54, 1.807) is 19.2 Å². The highest BCUT2D eigenvalue weighted by Gasteiger charge is 2.10. The second kappa shape index (κ2) is 7.85. The Morgan fingerprint density at radius 2 is 2.15 bits per heavy atom. The molecule has 1 aromatic rings. The second-order valence-electron chi connectivity index (χ2n) is 5.00. The van der Waals surface area contributed by atoms with Gasteiger partial charge in [-0.3, -0.25) is 4.79 Å². The Hall–Kier alpha value is -1.62. The van der Waals surface area contributed by atoms with E-state index in [1.165, 1.54) is 11.0 Å². The Morgan fingerprint density at radius 1 is 1.45 bits per heavy atom. The molecule has 0 bridgehead atoms. The molecule has 0 saturated carbocycles. The molecule has 0 unspecified atom stereocenters. The molecule has 0 spiro atoms. The van der Waals surface area contributed by atoms with Gasteiger partial charge in [0.1, 0.15) is 0 Å². The molecule has 1 aromatic carbocycles. The van der Waals surface area contributed by atoms with Crippen molar-refractivity contribution in [2.75, 3.05) is 20.2 Å². The number of nitrogens with zero attached hydrogens (tertiary/aromatic N) is 1. The summed E-state index contributed by atoms with van der Waals surface area (Å²) in [5.41, 5.74) is 0.848. The molecule has 1 rings (SSSR count). The molecule has 0 fully saturated rings. The van der Waals surface area contributed by atoms with Crippen LogP contribution in [0.4, 0.5) is 4.39 Å². The lowest BCUT2D eigenvalue weighted by molar-refractivity contribution is -0.131. The number of carbonyl (C=O) groups excluding carboxylic acids is 1. The first-order valence-electron chi connectivity index (χ1n) is 6.82. The van der Waals surface area contributed by atoms with Gasteiger partial charge in [-0.2, -0.15) is 0 Å². The Balaban J connectivity index is 2.57. The van der Waals surface area contributed by atoms with Crippen molar-refractivity contribution < 1.29 is 13.9 Å². The number of rotatable bonds is 7. The van der Waals surface area contributed by atoms with E-state index in [0.29, 0.717) is 19.1 Å². The van der Waals surface area contributed by atoms with Crippen LogP contribution in [0.3, 0.4) is 0 Å². The van der Waals surface area contributed by atoms with E-state index >= 15 is 0 Å². The highest BCUT2D eigenvalue weighted by atomic mass is 19.1. The third kappa shape index (κ3) is 5.17. The molecule has 1 amide bonds. The van der Waals surface area contributed by atoms with E-state index < -0.39 is 5.82 Å². The van der Waals surface area contributed by atoms with E-state index in [-0.39, 0.29) is 18.3 Å². The average Bonchev–Trinajstić information content (AvgIpc) is 2.42. The van der Waals surface area contributed by atoms with Gasteiger partial charge in [0.2, 0.25) is 0 Å². The summed E-state index contributed by atoms with van der Waals surface area (Å²) in [5, 5.41) is 3.21. The maximum Gasteiger partial charge on any atom is 0.260 e. The van der Waals surface area contributed by atoms with Crippen LogP contribution in [0.1, 0.15) is 26.3 Å².